The molecule has 0 bridgehead atoms. The third kappa shape index (κ3) is 7.10. The first-order valence-electron chi connectivity index (χ1n) is 15.7. The largest absolute Gasteiger partial charge is 0.443 e. The van der Waals surface area contributed by atoms with Gasteiger partial charge in [0.05, 0.1) is 23.8 Å². The van der Waals surface area contributed by atoms with E-state index in [9.17, 15) is 19.5 Å². The van der Waals surface area contributed by atoms with Gasteiger partial charge < -0.3 is 14.6 Å². The average Bonchev–Trinajstić information content (AvgIpc) is 3.48. The number of imide groups is 1. The van der Waals surface area contributed by atoms with Crippen molar-refractivity contribution in [3.63, 3.8) is 0 Å². The van der Waals surface area contributed by atoms with Crippen LogP contribution >= 0.6 is 11.3 Å². The lowest BCUT2D eigenvalue weighted by atomic mass is 9.88. The van der Waals surface area contributed by atoms with Gasteiger partial charge in [-0.25, -0.2) is 19.5 Å². The summed E-state index contributed by atoms with van der Waals surface area (Å²) in [7, 11) is 0. The molecule has 3 aromatic heterocycles. The highest BCUT2D eigenvalue weighted by Crippen LogP contribution is 2.46. The Balaban J connectivity index is 1.75. The van der Waals surface area contributed by atoms with Gasteiger partial charge in [0.1, 0.15) is 34.3 Å². The van der Waals surface area contributed by atoms with Crippen LogP contribution in [0.25, 0.3) is 26.8 Å². The summed E-state index contributed by atoms with van der Waals surface area (Å²) >= 11 is 1.22. The van der Waals surface area contributed by atoms with Gasteiger partial charge in [-0.1, -0.05) is 20.8 Å². The predicted octanol–water partition coefficient (Wildman–Crippen LogP) is 7.16. The van der Waals surface area contributed by atoms with Crippen LogP contribution in [0.2, 0.25) is 0 Å². The van der Waals surface area contributed by atoms with Crippen molar-refractivity contribution in [3.8, 4) is 5.82 Å². The van der Waals surface area contributed by atoms with Crippen molar-refractivity contribution in [2.45, 2.75) is 106 Å². The van der Waals surface area contributed by atoms with Gasteiger partial charge in [-0.15, -0.1) is 21.5 Å². The minimum Gasteiger partial charge on any atom is -0.443 e. The highest BCUT2D eigenvalue weighted by atomic mass is 32.1. The highest BCUT2D eigenvalue weighted by Gasteiger charge is 2.44. The Kier molecular flexibility index (Phi) is 8.86. The Labute approximate surface area is 278 Å². The number of hydrogen-bond donors (Lipinski definition) is 1. The number of pyridine rings is 1. The maximum atomic E-state index is 14.6. The van der Waals surface area contributed by atoms with Gasteiger partial charge in [-0.2, -0.15) is 0 Å². The number of amides is 3. The monoisotopic (exact) mass is 664 g/mol. The number of anilines is 1. The molecule has 1 aromatic carbocycles. The molecule has 3 amide bonds. The lowest BCUT2D eigenvalue weighted by Gasteiger charge is -2.34. The zero-order valence-electron chi connectivity index (χ0n) is 28.8. The third-order valence-corrected chi connectivity index (χ3v) is 8.75. The topological polar surface area (TPSA) is 140 Å². The van der Waals surface area contributed by atoms with Gasteiger partial charge in [0, 0.05) is 15.5 Å². The summed E-state index contributed by atoms with van der Waals surface area (Å²) < 4.78 is 14.1. The number of fused-ring (bicyclic) bond motifs is 5. The molecule has 0 spiro atoms. The fraction of sp³-hybridized carbons (Fsp3) is 0.529. The maximum Gasteiger partial charge on any atom is 0.417 e. The number of aryl methyl sites for hydroxylation is 1. The summed E-state index contributed by atoms with van der Waals surface area (Å²) in [5.74, 6) is 0.913. The molecular formula is C34H44N6O6S. The number of aliphatic hydroxyl groups is 1. The third-order valence-electron chi connectivity index (χ3n) is 7.62. The Morgan fingerprint density at radius 2 is 1.62 bits per heavy atom. The van der Waals surface area contributed by atoms with Crippen LogP contribution in [0.1, 0.15) is 96.5 Å². The van der Waals surface area contributed by atoms with Crippen molar-refractivity contribution in [1.29, 1.82) is 0 Å². The van der Waals surface area contributed by atoms with E-state index in [2.05, 4.69) is 31.0 Å². The average molecular weight is 665 g/mol. The van der Waals surface area contributed by atoms with Gasteiger partial charge in [0.15, 0.2) is 5.82 Å². The standard InChI is InChI=1S/C34H44N6O6S/c1-19-36-37-25(18-41)39(19)24-14-11-21-22(35-24)12-13-23-26(21)27-28(47-23)29(42)40(31(44)46-34(8,9)10)20(15-16-32(2,3)4)17-38(27)30(43)45-33(5,6)7/h11-14,20,41H,15-18H2,1-10H3/t20-/m1/s1. The molecule has 252 valence electrons. The SMILES string of the molecule is Cc1nnc(CO)n1-c1ccc2c(ccc3sc4c(c32)N(C(=O)OC(C)(C)C)C[C@@H](CCC(C)(C)C)N(C(=O)OC(C)(C)C)C4=O)n1. The second kappa shape index (κ2) is 12.2. The van der Waals surface area contributed by atoms with Gasteiger partial charge in [0.2, 0.25) is 0 Å². The molecule has 1 N–H and O–H groups in total. The first-order chi connectivity index (χ1) is 21.8. The lowest BCUT2D eigenvalue weighted by molar-refractivity contribution is 0.0153. The van der Waals surface area contributed by atoms with E-state index < -0.39 is 35.3 Å². The molecule has 0 saturated heterocycles. The molecule has 1 atom stereocenters. The summed E-state index contributed by atoms with van der Waals surface area (Å²) in [6.45, 7) is 18.4. The Hall–Kier alpha value is -4.10. The second-order valence-electron chi connectivity index (χ2n) is 15.1. The number of carbonyl (C=O) groups excluding carboxylic acids is 3. The number of benzene rings is 1. The molecule has 1 aliphatic heterocycles. The van der Waals surface area contributed by atoms with E-state index in [4.69, 9.17) is 14.5 Å². The van der Waals surface area contributed by atoms with Crippen LogP contribution in [0.4, 0.5) is 15.3 Å². The summed E-state index contributed by atoms with van der Waals surface area (Å²) in [4.78, 5) is 50.3. The smallest absolute Gasteiger partial charge is 0.417 e. The number of thiophene rings is 1. The van der Waals surface area contributed by atoms with Gasteiger partial charge in [-0.3, -0.25) is 14.3 Å². The number of ether oxygens (including phenoxy) is 2. The summed E-state index contributed by atoms with van der Waals surface area (Å²) in [6.07, 6.45) is -0.226. The molecule has 0 aliphatic carbocycles. The molecular weight excluding hydrogens is 620 g/mol. The molecule has 0 radical (unpaired) electrons. The van der Waals surface area contributed by atoms with Crippen molar-refractivity contribution in [1.82, 2.24) is 24.6 Å². The summed E-state index contributed by atoms with van der Waals surface area (Å²) in [5, 5.41) is 19.3. The Morgan fingerprint density at radius 1 is 0.957 bits per heavy atom. The zero-order chi connectivity index (χ0) is 34.6. The van der Waals surface area contributed by atoms with Crippen molar-refractivity contribution in [2.75, 3.05) is 11.4 Å². The number of aromatic nitrogens is 4. The zero-order valence-corrected chi connectivity index (χ0v) is 29.6. The van der Waals surface area contributed by atoms with E-state index in [-0.39, 0.29) is 23.4 Å². The number of aliphatic hydroxyl groups excluding tert-OH is 1. The first-order valence-corrected chi connectivity index (χ1v) is 16.5. The molecule has 1 aliphatic rings. The van der Waals surface area contributed by atoms with Crippen LogP contribution in [-0.2, 0) is 16.1 Å². The second-order valence-corrected chi connectivity index (χ2v) is 16.2. The molecule has 12 nitrogen and oxygen atoms in total. The summed E-state index contributed by atoms with van der Waals surface area (Å²) in [5.41, 5.74) is -0.772. The number of nitrogens with zero attached hydrogens (tertiary/aromatic N) is 6. The predicted molar refractivity (Wildman–Crippen MR) is 181 cm³/mol. The minimum absolute atomic E-state index is 0.0243. The number of hydrogen-bond acceptors (Lipinski definition) is 10. The maximum absolute atomic E-state index is 14.6. The van der Waals surface area contributed by atoms with Crippen LogP contribution in [-0.4, -0.2) is 71.6 Å². The van der Waals surface area contributed by atoms with Gasteiger partial charge in [0.25, 0.3) is 5.91 Å². The Bertz CT molecular complexity index is 1860. The van der Waals surface area contributed by atoms with E-state index in [1.807, 2.05) is 18.2 Å². The molecule has 4 aromatic rings. The molecule has 47 heavy (non-hydrogen) atoms. The molecule has 13 heteroatoms. The van der Waals surface area contributed by atoms with Crippen LogP contribution in [0.3, 0.4) is 0 Å². The van der Waals surface area contributed by atoms with E-state index >= 15 is 0 Å². The fourth-order valence-electron chi connectivity index (χ4n) is 5.61. The van der Waals surface area contributed by atoms with E-state index in [0.717, 1.165) is 4.70 Å². The van der Waals surface area contributed by atoms with Crippen LogP contribution in [0.15, 0.2) is 24.3 Å². The molecule has 5 rings (SSSR count). The van der Waals surface area contributed by atoms with Crippen LogP contribution in [0, 0.1) is 12.3 Å². The number of carbonyl (C=O) groups is 3. The van der Waals surface area contributed by atoms with Crippen LogP contribution in [0.5, 0.6) is 0 Å². The van der Waals surface area contributed by atoms with E-state index in [1.54, 1.807) is 59.1 Å². The summed E-state index contributed by atoms with van der Waals surface area (Å²) in [6, 6.07) is 6.69. The van der Waals surface area contributed by atoms with Gasteiger partial charge in [-0.05, 0) is 91.0 Å². The molecule has 0 fully saturated rings. The van der Waals surface area contributed by atoms with E-state index in [1.165, 1.54) is 21.1 Å². The molecule has 0 unspecified atom stereocenters. The lowest BCUT2D eigenvalue weighted by Crippen LogP contribution is -2.51. The number of rotatable bonds is 4. The first kappa shape index (κ1) is 34.2. The van der Waals surface area contributed by atoms with Crippen molar-refractivity contribution in [2.24, 2.45) is 5.41 Å². The van der Waals surface area contributed by atoms with E-state index in [0.29, 0.717) is 52.3 Å². The minimum atomic E-state index is -0.843. The molecule has 4 heterocycles. The van der Waals surface area contributed by atoms with Crippen LogP contribution < -0.4 is 4.90 Å². The highest BCUT2D eigenvalue weighted by molar-refractivity contribution is 7.21. The fourth-order valence-corrected chi connectivity index (χ4v) is 6.77. The van der Waals surface area contributed by atoms with Crippen molar-refractivity contribution < 1.29 is 29.0 Å². The quantitative estimate of drug-likeness (QED) is 0.241. The van der Waals surface area contributed by atoms with Crippen molar-refractivity contribution >= 4 is 56.1 Å². The van der Waals surface area contributed by atoms with Crippen molar-refractivity contribution in [3.05, 3.63) is 40.8 Å². The van der Waals surface area contributed by atoms with Gasteiger partial charge >= 0.3 is 12.2 Å². The Morgan fingerprint density at radius 3 is 2.23 bits per heavy atom. The molecule has 0 saturated carbocycles. The normalized spacial score (nSPS) is 16.1.